The van der Waals surface area contributed by atoms with Gasteiger partial charge in [-0.2, -0.15) is 0 Å². The van der Waals surface area contributed by atoms with Crippen LogP contribution in [0.3, 0.4) is 0 Å². The minimum Gasteiger partial charge on any atom is -0.456 e. The van der Waals surface area contributed by atoms with Crippen molar-refractivity contribution < 1.29 is 4.42 Å². The normalized spacial score (nSPS) is 22.6. The van der Waals surface area contributed by atoms with Crippen LogP contribution in [-0.2, 0) is 5.41 Å². The van der Waals surface area contributed by atoms with Crippen molar-refractivity contribution in [2.24, 2.45) is 23.7 Å². The highest BCUT2D eigenvalue weighted by atomic mass is 16.3. The largest absolute Gasteiger partial charge is 0.456 e. The number of hydrogen-bond acceptors (Lipinski definition) is 1. The molecule has 1 heterocycles. The zero-order valence-corrected chi connectivity index (χ0v) is 32.1. The molecule has 8 aromatic carbocycles. The second-order valence-corrected chi connectivity index (χ2v) is 17.4. The first-order valence-electron chi connectivity index (χ1n) is 20.8. The van der Waals surface area contributed by atoms with Crippen LogP contribution in [0.4, 0.5) is 0 Å². The summed E-state index contributed by atoms with van der Waals surface area (Å²) in [5, 5.41) is 7.54. The average molecular weight is 721 g/mol. The first kappa shape index (κ1) is 32.3. The van der Waals surface area contributed by atoms with Crippen molar-refractivity contribution in [3.63, 3.8) is 0 Å². The fourth-order valence-electron chi connectivity index (χ4n) is 12.4. The number of hydrogen-bond donors (Lipinski definition) is 0. The smallest absolute Gasteiger partial charge is 0.136 e. The summed E-state index contributed by atoms with van der Waals surface area (Å²) < 4.78 is 6.25. The summed E-state index contributed by atoms with van der Waals surface area (Å²) in [4.78, 5) is 0. The second kappa shape index (κ2) is 12.0. The van der Waals surface area contributed by atoms with Gasteiger partial charge >= 0.3 is 0 Å². The van der Waals surface area contributed by atoms with Gasteiger partial charge in [-0.3, -0.25) is 0 Å². The van der Waals surface area contributed by atoms with E-state index >= 15 is 0 Å². The molecular weight excluding hydrogens is 677 g/mol. The van der Waals surface area contributed by atoms with Crippen molar-refractivity contribution in [1.29, 1.82) is 0 Å². The summed E-state index contributed by atoms with van der Waals surface area (Å²) >= 11 is 0. The molecule has 12 rings (SSSR count). The number of benzene rings is 8. The fourth-order valence-corrected chi connectivity index (χ4v) is 12.4. The van der Waals surface area contributed by atoms with Crippen LogP contribution in [0, 0.1) is 23.7 Å². The lowest BCUT2D eigenvalue weighted by Crippen LogP contribution is -2.49. The summed E-state index contributed by atoms with van der Waals surface area (Å²) in [6.45, 7) is 5.09. The fraction of sp³-hybridized carbons (Fsp3) is 0.200. The molecule has 0 N–H and O–H groups in total. The summed E-state index contributed by atoms with van der Waals surface area (Å²) in [7, 11) is 0. The molecule has 1 nitrogen and oxygen atoms in total. The third-order valence-corrected chi connectivity index (χ3v) is 14.4. The zero-order valence-electron chi connectivity index (χ0n) is 32.1. The predicted octanol–water partition coefficient (Wildman–Crippen LogP) is 15.3. The number of para-hydroxylation sites is 1. The molecule has 3 aliphatic carbocycles. The van der Waals surface area contributed by atoms with Crippen LogP contribution in [-0.4, -0.2) is 0 Å². The maximum atomic E-state index is 6.25. The molecule has 270 valence electrons. The van der Waals surface area contributed by atoms with Crippen molar-refractivity contribution in [3.8, 4) is 44.5 Å². The third-order valence-electron chi connectivity index (χ3n) is 14.4. The van der Waals surface area contributed by atoms with Crippen LogP contribution < -0.4 is 0 Å². The average Bonchev–Trinajstić information content (AvgIpc) is 3.75. The van der Waals surface area contributed by atoms with Gasteiger partial charge in [-0.15, -0.1) is 0 Å². The monoisotopic (exact) mass is 720 g/mol. The molecule has 5 unspecified atom stereocenters. The third kappa shape index (κ3) is 4.49. The van der Waals surface area contributed by atoms with E-state index in [-0.39, 0.29) is 5.41 Å². The van der Waals surface area contributed by atoms with E-state index in [0.29, 0.717) is 11.8 Å². The van der Waals surface area contributed by atoms with Crippen LogP contribution in [0.5, 0.6) is 0 Å². The molecule has 1 heteroatoms. The summed E-state index contributed by atoms with van der Waals surface area (Å²) in [6.07, 6.45) is 5.41. The van der Waals surface area contributed by atoms with E-state index in [4.69, 9.17) is 4.42 Å². The van der Waals surface area contributed by atoms with E-state index in [1.165, 1.54) is 86.2 Å². The Morgan fingerprint density at radius 3 is 1.75 bits per heavy atom. The summed E-state index contributed by atoms with van der Waals surface area (Å²) in [6, 6.07) is 59.3. The van der Waals surface area contributed by atoms with Gasteiger partial charge in [0.2, 0.25) is 0 Å². The van der Waals surface area contributed by atoms with Gasteiger partial charge in [-0.25, -0.2) is 0 Å². The number of fused-ring (bicyclic) bond motifs is 13. The van der Waals surface area contributed by atoms with E-state index < -0.39 is 0 Å². The first-order valence-corrected chi connectivity index (χ1v) is 20.8. The molecule has 1 spiro atoms. The zero-order chi connectivity index (χ0) is 37.1. The van der Waals surface area contributed by atoms with Gasteiger partial charge in [0.25, 0.3) is 0 Å². The van der Waals surface area contributed by atoms with Crippen molar-refractivity contribution in [2.45, 2.75) is 44.9 Å². The van der Waals surface area contributed by atoms with Gasteiger partial charge in [0.05, 0.1) is 0 Å². The molecular formula is C55H44O. The van der Waals surface area contributed by atoms with Crippen LogP contribution in [0.15, 0.2) is 162 Å². The Bertz CT molecular complexity index is 2970. The molecule has 0 amide bonds. The molecule has 9 aromatic rings. The standard InChI is InChI=1S/C55H44O/c1-33-27-35-29-34(2)55(40(28-33)30-35)49-17-9-7-11-41(49)42-25-24-39(31-50(42)55)54-47-15-5-3-13-45(47)53(46-14-4-6-16-48(46)54)37-21-19-36(20-22-37)38-23-26-44-43-12-8-10-18-51(43)56-52(44)32-38/h3-26,31-35,40H,27-30H2,1-2H3. The lowest BCUT2D eigenvalue weighted by molar-refractivity contribution is 0.0426. The number of rotatable bonds is 3. The quantitative estimate of drug-likeness (QED) is 0.166. The SMILES string of the molecule is CC1CC2CC(C)C3(c4ccccc4-c4ccc(-c5c6ccccc6c(-c6ccc(-c7ccc8c(c7)oc7ccccc78)cc6)c6ccccc56)cc43)C(C1)C2. The molecule has 0 radical (unpaired) electrons. The molecule has 5 atom stereocenters. The van der Waals surface area contributed by atoms with Crippen LogP contribution in [0.25, 0.3) is 88.0 Å². The Morgan fingerprint density at radius 1 is 0.429 bits per heavy atom. The van der Waals surface area contributed by atoms with Crippen molar-refractivity contribution >= 4 is 43.5 Å². The van der Waals surface area contributed by atoms with Crippen LogP contribution >= 0.6 is 0 Å². The molecule has 2 bridgehead atoms. The van der Waals surface area contributed by atoms with Gasteiger partial charge in [-0.05, 0) is 151 Å². The maximum Gasteiger partial charge on any atom is 0.136 e. The van der Waals surface area contributed by atoms with E-state index in [9.17, 15) is 0 Å². The predicted molar refractivity (Wildman–Crippen MR) is 235 cm³/mol. The highest BCUT2D eigenvalue weighted by Crippen LogP contribution is 2.65. The van der Waals surface area contributed by atoms with E-state index in [1.807, 2.05) is 12.1 Å². The lowest BCUT2D eigenvalue weighted by Gasteiger charge is -2.54. The highest BCUT2D eigenvalue weighted by molar-refractivity contribution is 6.21. The Balaban J connectivity index is 1.02. The van der Waals surface area contributed by atoms with Gasteiger partial charge in [0.1, 0.15) is 11.2 Å². The summed E-state index contributed by atoms with van der Waals surface area (Å²) in [5.41, 5.74) is 15.6. The molecule has 0 aliphatic heterocycles. The maximum absolute atomic E-state index is 6.25. The van der Waals surface area contributed by atoms with Crippen LogP contribution in [0.1, 0.15) is 50.7 Å². The van der Waals surface area contributed by atoms with Crippen molar-refractivity contribution in [3.05, 3.63) is 169 Å². The van der Waals surface area contributed by atoms with Gasteiger partial charge in [0, 0.05) is 16.2 Å². The van der Waals surface area contributed by atoms with Crippen molar-refractivity contribution in [1.82, 2.24) is 0 Å². The molecule has 56 heavy (non-hydrogen) atoms. The van der Waals surface area contributed by atoms with E-state index in [2.05, 4.69) is 159 Å². The Morgan fingerprint density at radius 2 is 1.00 bits per heavy atom. The van der Waals surface area contributed by atoms with Crippen LogP contribution in [0.2, 0.25) is 0 Å². The van der Waals surface area contributed by atoms with Gasteiger partial charge < -0.3 is 4.42 Å². The molecule has 2 saturated carbocycles. The topological polar surface area (TPSA) is 13.1 Å². The summed E-state index contributed by atoms with van der Waals surface area (Å²) in [5.74, 6) is 2.93. The second-order valence-electron chi connectivity index (χ2n) is 17.4. The molecule has 3 aliphatic rings. The van der Waals surface area contributed by atoms with E-state index in [1.54, 1.807) is 11.1 Å². The first-order chi connectivity index (χ1) is 27.6. The lowest BCUT2D eigenvalue weighted by atomic mass is 9.49. The molecule has 0 saturated heterocycles. The van der Waals surface area contributed by atoms with Gasteiger partial charge in [0.15, 0.2) is 0 Å². The minimum absolute atomic E-state index is 0.0648. The minimum atomic E-state index is 0.0648. The Labute approximate surface area is 328 Å². The Hall–Kier alpha value is -5.92. The molecule has 2 fully saturated rings. The Kier molecular flexibility index (Phi) is 6.95. The molecule has 1 aromatic heterocycles. The van der Waals surface area contributed by atoms with E-state index in [0.717, 1.165) is 39.3 Å². The number of furan rings is 1. The van der Waals surface area contributed by atoms with Crippen molar-refractivity contribution in [2.75, 3.05) is 0 Å². The van der Waals surface area contributed by atoms with Gasteiger partial charge in [-0.1, -0.05) is 147 Å². The highest BCUT2D eigenvalue weighted by Gasteiger charge is 2.56.